The summed E-state index contributed by atoms with van der Waals surface area (Å²) in [5, 5.41) is 4.18. The highest BCUT2D eigenvalue weighted by atomic mass is 16.5. The van der Waals surface area contributed by atoms with Crippen LogP contribution in [0.1, 0.15) is 19.8 Å². The van der Waals surface area contributed by atoms with E-state index in [1.54, 1.807) is 6.20 Å². The Kier molecular flexibility index (Phi) is 4.21. The predicted molar refractivity (Wildman–Crippen MR) is 99.2 cm³/mol. The highest BCUT2D eigenvalue weighted by Crippen LogP contribution is 2.31. The fraction of sp³-hybridized carbons (Fsp3) is 0.200. The molecule has 0 amide bonds. The van der Waals surface area contributed by atoms with E-state index in [9.17, 15) is 0 Å². The average Bonchev–Trinajstić information content (AvgIpc) is 3.04. The Balaban J connectivity index is 1.60. The molecule has 0 aliphatic rings. The summed E-state index contributed by atoms with van der Waals surface area (Å²) in [4.78, 5) is 8.84. The number of oxazole rings is 1. The lowest BCUT2D eigenvalue weighted by molar-refractivity contribution is 0.488. The zero-order chi connectivity index (χ0) is 17.1. The van der Waals surface area contributed by atoms with Gasteiger partial charge in [-0.05, 0) is 36.8 Å². The van der Waals surface area contributed by atoms with E-state index in [2.05, 4.69) is 22.2 Å². The Morgan fingerprint density at radius 2 is 2.00 bits per heavy atom. The summed E-state index contributed by atoms with van der Waals surface area (Å²) < 4.78 is 11.8. The first-order valence-corrected chi connectivity index (χ1v) is 8.49. The van der Waals surface area contributed by atoms with E-state index in [-0.39, 0.29) is 0 Å². The second-order valence-corrected chi connectivity index (χ2v) is 5.86. The van der Waals surface area contributed by atoms with Gasteiger partial charge in [0.1, 0.15) is 17.0 Å². The number of hydrogen-bond acceptors (Lipinski definition) is 5. The van der Waals surface area contributed by atoms with Gasteiger partial charge < -0.3 is 14.5 Å². The van der Waals surface area contributed by atoms with Gasteiger partial charge in [-0.25, -0.2) is 0 Å². The van der Waals surface area contributed by atoms with Crippen molar-refractivity contribution in [3.63, 3.8) is 0 Å². The first kappa shape index (κ1) is 15.4. The zero-order valence-corrected chi connectivity index (χ0v) is 14.0. The Morgan fingerprint density at radius 3 is 2.92 bits per heavy atom. The molecule has 0 saturated heterocycles. The fourth-order valence-corrected chi connectivity index (χ4v) is 2.70. The van der Waals surface area contributed by atoms with Crippen molar-refractivity contribution < 1.29 is 9.15 Å². The lowest BCUT2D eigenvalue weighted by atomic mass is 10.2. The molecule has 0 unspecified atom stereocenters. The number of ether oxygens (including phenoxy) is 1. The third-order valence-electron chi connectivity index (χ3n) is 4.00. The van der Waals surface area contributed by atoms with Crippen LogP contribution in [-0.4, -0.2) is 16.5 Å². The molecule has 0 fully saturated rings. The molecule has 2 aromatic heterocycles. The summed E-state index contributed by atoms with van der Waals surface area (Å²) in [5.41, 5.74) is 2.42. The van der Waals surface area contributed by atoms with Gasteiger partial charge in [-0.3, -0.25) is 4.98 Å². The summed E-state index contributed by atoms with van der Waals surface area (Å²) in [7, 11) is 0. The van der Waals surface area contributed by atoms with Crippen molar-refractivity contribution in [1.82, 2.24) is 9.97 Å². The molecule has 0 aliphatic carbocycles. The summed E-state index contributed by atoms with van der Waals surface area (Å²) in [6.07, 6.45) is 3.97. The molecule has 1 N–H and O–H groups in total. The predicted octanol–water partition coefficient (Wildman–Crippen LogP) is 5.38. The van der Waals surface area contributed by atoms with Crippen LogP contribution < -0.4 is 10.1 Å². The van der Waals surface area contributed by atoms with Crippen molar-refractivity contribution in [2.75, 3.05) is 11.9 Å². The number of hydrogen-bond donors (Lipinski definition) is 1. The number of nitrogens with zero attached hydrogens (tertiary/aromatic N) is 2. The van der Waals surface area contributed by atoms with Crippen molar-refractivity contribution >= 4 is 28.0 Å². The number of pyridine rings is 1. The van der Waals surface area contributed by atoms with Gasteiger partial charge in [-0.1, -0.05) is 25.5 Å². The van der Waals surface area contributed by atoms with E-state index in [4.69, 9.17) is 9.15 Å². The van der Waals surface area contributed by atoms with Gasteiger partial charge in [0, 0.05) is 24.2 Å². The van der Waals surface area contributed by atoms with Crippen LogP contribution in [-0.2, 0) is 0 Å². The highest BCUT2D eigenvalue weighted by molar-refractivity contribution is 5.85. The van der Waals surface area contributed by atoms with Gasteiger partial charge in [-0.2, -0.15) is 4.98 Å². The van der Waals surface area contributed by atoms with Gasteiger partial charge in [0.05, 0.1) is 5.52 Å². The van der Waals surface area contributed by atoms with Crippen LogP contribution >= 0.6 is 0 Å². The molecule has 0 spiro atoms. The number of rotatable bonds is 6. The number of benzene rings is 2. The quantitative estimate of drug-likeness (QED) is 0.480. The van der Waals surface area contributed by atoms with E-state index in [0.29, 0.717) is 6.01 Å². The molecule has 0 aliphatic heterocycles. The minimum Gasteiger partial charge on any atom is -0.457 e. The Hall–Kier alpha value is -3.08. The van der Waals surface area contributed by atoms with Crippen LogP contribution in [0.15, 0.2) is 59.1 Å². The summed E-state index contributed by atoms with van der Waals surface area (Å²) in [5.74, 6) is 1.49. The minimum atomic E-state index is 0.551. The fourth-order valence-electron chi connectivity index (χ4n) is 2.70. The van der Waals surface area contributed by atoms with E-state index < -0.39 is 0 Å². The van der Waals surface area contributed by atoms with E-state index in [1.165, 1.54) is 0 Å². The molecule has 5 nitrogen and oxygen atoms in total. The van der Waals surface area contributed by atoms with Gasteiger partial charge in [-0.15, -0.1) is 0 Å². The summed E-state index contributed by atoms with van der Waals surface area (Å²) >= 11 is 0. The number of anilines is 1. The van der Waals surface area contributed by atoms with E-state index in [1.807, 2.05) is 48.5 Å². The van der Waals surface area contributed by atoms with Gasteiger partial charge in [0.15, 0.2) is 5.58 Å². The van der Waals surface area contributed by atoms with E-state index >= 15 is 0 Å². The lowest BCUT2D eigenvalue weighted by Gasteiger charge is -2.08. The average molecular weight is 333 g/mol. The van der Waals surface area contributed by atoms with Crippen LogP contribution in [0.2, 0.25) is 0 Å². The molecule has 5 heteroatoms. The maximum Gasteiger partial charge on any atom is 0.295 e. The molecule has 4 aromatic rings. The molecule has 0 atom stereocenters. The highest BCUT2D eigenvalue weighted by Gasteiger charge is 2.09. The number of aromatic nitrogens is 2. The van der Waals surface area contributed by atoms with Gasteiger partial charge in [0.2, 0.25) is 0 Å². The Morgan fingerprint density at radius 1 is 1.08 bits per heavy atom. The second-order valence-electron chi connectivity index (χ2n) is 5.86. The summed E-state index contributed by atoms with van der Waals surface area (Å²) in [6.45, 7) is 3.01. The molecule has 25 heavy (non-hydrogen) atoms. The lowest BCUT2D eigenvalue weighted by Crippen LogP contribution is -2.00. The first-order chi connectivity index (χ1) is 12.3. The van der Waals surface area contributed by atoms with Crippen LogP contribution in [0.4, 0.5) is 6.01 Å². The zero-order valence-electron chi connectivity index (χ0n) is 14.0. The molecule has 4 rings (SSSR count). The maximum absolute atomic E-state index is 6.07. The minimum absolute atomic E-state index is 0.551. The van der Waals surface area contributed by atoms with Crippen molar-refractivity contribution in [1.29, 1.82) is 0 Å². The molecule has 126 valence electrons. The van der Waals surface area contributed by atoms with Crippen molar-refractivity contribution in [2.45, 2.75) is 19.8 Å². The molecule has 0 bridgehead atoms. The maximum atomic E-state index is 6.07. The molecule has 2 heterocycles. The molecule has 2 aromatic carbocycles. The summed E-state index contributed by atoms with van der Waals surface area (Å²) in [6, 6.07) is 16.0. The van der Waals surface area contributed by atoms with Crippen molar-refractivity contribution in [3.05, 3.63) is 54.7 Å². The number of nitrogens with one attached hydrogen (secondary N) is 1. The van der Waals surface area contributed by atoms with Crippen LogP contribution in [0.3, 0.4) is 0 Å². The van der Waals surface area contributed by atoms with Crippen LogP contribution in [0.25, 0.3) is 22.0 Å². The monoisotopic (exact) mass is 333 g/mol. The van der Waals surface area contributed by atoms with Gasteiger partial charge >= 0.3 is 0 Å². The number of para-hydroxylation sites is 1. The van der Waals surface area contributed by atoms with E-state index in [0.717, 1.165) is 52.9 Å². The van der Waals surface area contributed by atoms with Crippen LogP contribution in [0, 0.1) is 0 Å². The van der Waals surface area contributed by atoms with Crippen molar-refractivity contribution in [3.8, 4) is 11.5 Å². The topological polar surface area (TPSA) is 60.2 Å². The smallest absolute Gasteiger partial charge is 0.295 e. The largest absolute Gasteiger partial charge is 0.457 e. The third kappa shape index (κ3) is 3.26. The molecule has 0 saturated carbocycles. The van der Waals surface area contributed by atoms with Gasteiger partial charge in [0.25, 0.3) is 6.01 Å². The number of unbranched alkanes of at least 4 members (excludes halogenated alkanes) is 1. The third-order valence-corrected chi connectivity index (χ3v) is 4.00. The number of fused-ring (bicyclic) bond motifs is 2. The molecular weight excluding hydrogens is 314 g/mol. The molecular formula is C20H19N3O2. The standard InChI is InChI=1S/C20H19N3O2/c1-2-3-11-22-20-23-17-13-14(8-9-19(17)25-20)24-18-10-12-21-16-7-5-4-6-15(16)18/h4-10,12-13H,2-3,11H2,1H3,(H,22,23). The first-order valence-electron chi connectivity index (χ1n) is 8.49. The second kappa shape index (κ2) is 6.81. The van der Waals surface area contributed by atoms with Crippen molar-refractivity contribution in [2.24, 2.45) is 0 Å². The Bertz CT molecular complexity index is 1000. The SMILES string of the molecule is CCCCNc1nc2cc(Oc3ccnc4ccccc34)ccc2o1. The Labute approximate surface area is 145 Å². The normalized spacial score (nSPS) is 11.1. The van der Waals surface area contributed by atoms with Crippen LogP contribution in [0.5, 0.6) is 11.5 Å². The molecule has 0 radical (unpaired) electrons.